The fourth-order valence-corrected chi connectivity index (χ4v) is 2.16. The molecular weight excluding hydrogens is 237 g/mol. The predicted molar refractivity (Wildman–Crippen MR) is 67.5 cm³/mol. The number of carboxylic acids is 1. The summed E-state index contributed by atoms with van der Waals surface area (Å²) in [4.78, 5) is 13.2. The minimum Gasteiger partial charge on any atom is -0.478 e. The highest BCUT2D eigenvalue weighted by molar-refractivity contribution is 6.00. The number of carbonyl (C=O) groups is 1. The molecule has 0 saturated carbocycles. The van der Waals surface area contributed by atoms with E-state index < -0.39 is 11.8 Å². The molecule has 0 atom stereocenters. The number of nitrogens with one attached hydrogen (secondary N) is 1. The summed E-state index contributed by atoms with van der Waals surface area (Å²) in [7, 11) is 0. The molecular formula is C12H16FN3O2. The van der Waals surface area contributed by atoms with Crippen molar-refractivity contribution in [2.45, 2.75) is 6.42 Å². The summed E-state index contributed by atoms with van der Waals surface area (Å²) in [5, 5.41) is 12.4. The third-order valence-electron chi connectivity index (χ3n) is 3.06. The van der Waals surface area contributed by atoms with Gasteiger partial charge in [0, 0.05) is 19.6 Å². The Kier molecular flexibility index (Phi) is 3.66. The van der Waals surface area contributed by atoms with E-state index in [1.807, 2.05) is 4.90 Å². The van der Waals surface area contributed by atoms with Gasteiger partial charge in [-0.05, 0) is 25.1 Å². The number of carboxylic acid groups (broad SMARTS) is 1. The first-order valence-electron chi connectivity index (χ1n) is 5.88. The lowest BCUT2D eigenvalue weighted by molar-refractivity contribution is 0.0698. The van der Waals surface area contributed by atoms with Gasteiger partial charge < -0.3 is 21.1 Å². The predicted octanol–water partition coefficient (Wildman–Crippen LogP) is 0.906. The van der Waals surface area contributed by atoms with E-state index in [2.05, 4.69) is 5.32 Å². The molecule has 1 fully saturated rings. The molecule has 0 bridgehead atoms. The van der Waals surface area contributed by atoms with Crippen molar-refractivity contribution < 1.29 is 14.3 Å². The standard InChI is InChI=1S/C12H16FN3O2/c13-8-2-3-9(10(11(8)14)12(17)18)16-6-1-4-15-5-7-16/h2-3,15H,1,4-7,14H2,(H,17,18). The number of nitrogens with zero attached hydrogens (tertiary/aromatic N) is 1. The lowest BCUT2D eigenvalue weighted by Crippen LogP contribution is -2.29. The molecule has 1 aliphatic rings. The van der Waals surface area contributed by atoms with E-state index in [1.54, 1.807) is 0 Å². The molecule has 1 aromatic carbocycles. The average Bonchev–Trinajstić information content (AvgIpc) is 2.60. The third-order valence-corrected chi connectivity index (χ3v) is 3.06. The molecule has 1 aliphatic heterocycles. The zero-order valence-electron chi connectivity index (χ0n) is 9.95. The summed E-state index contributed by atoms with van der Waals surface area (Å²) in [5.41, 5.74) is 5.59. The average molecular weight is 253 g/mol. The molecule has 18 heavy (non-hydrogen) atoms. The number of hydrogen-bond donors (Lipinski definition) is 3. The van der Waals surface area contributed by atoms with Gasteiger partial charge in [-0.25, -0.2) is 9.18 Å². The van der Waals surface area contributed by atoms with Crippen LogP contribution in [0.25, 0.3) is 0 Å². The number of aromatic carboxylic acids is 1. The van der Waals surface area contributed by atoms with E-state index >= 15 is 0 Å². The minimum atomic E-state index is -1.20. The summed E-state index contributed by atoms with van der Waals surface area (Å²) in [6, 6.07) is 2.70. The summed E-state index contributed by atoms with van der Waals surface area (Å²) in [6.07, 6.45) is 0.913. The van der Waals surface area contributed by atoms with E-state index in [1.165, 1.54) is 12.1 Å². The second-order valence-corrected chi connectivity index (χ2v) is 4.25. The van der Waals surface area contributed by atoms with Gasteiger partial charge in [0.1, 0.15) is 11.4 Å². The summed E-state index contributed by atoms with van der Waals surface area (Å²) in [5.74, 6) is -1.89. The summed E-state index contributed by atoms with van der Waals surface area (Å²) in [6.45, 7) is 3.09. The summed E-state index contributed by atoms with van der Waals surface area (Å²) < 4.78 is 13.3. The molecule has 98 valence electrons. The van der Waals surface area contributed by atoms with Crippen LogP contribution < -0.4 is 16.0 Å². The van der Waals surface area contributed by atoms with Crippen molar-refractivity contribution in [2.75, 3.05) is 36.8 Å². The Morgan fingerprint density at radius 2 is 2.17 bits per heavy atom. The maximum absolute atomic E-state index is 13.3. The SMILES string of the molecule is Nc1c(F)ccc(N2CCCNCC2)c1C(=O)O. The molecule has 1 heterocycles. The van der Waals surface area contributed by atoms with E-state index in [-0.39, 0.29) is 11.3 Å². The van der Waals surface area contributed by atoms with Gasteiger partial charge in [0.25, 0.3) is 0 Å². The normalized spacial score (nSPS) is 16.4. The van der Waals surface area contributed by atoms with Crippen LogP contribution in [0.3, 0.4) is 0 Å². The fraction of sp³-hybridized carbons (Fsp3) is 0.417. The van der Waals surface area contributed by atoms with E-state index in [0.29, 0.717) is 12.2 Å². The number of benzene rings is 1. The number of anilines is 2. The van der Waals surface area contributed by atoms with E-state index in [0.717, 1.165) is 26.1 Å². The van der Waals surface area contributed by atoms with Gasteiger partial charge in [0.05, 0.1) is 11.4 Å². The third kappa shape index (κ3) is 2.38. The molecule has 1 aromatic rings. The quantitative estimate of drug-likeness (QED) is 0.683. The largest absolute Gasteiger partial charge is 0.478 e. The van der Waals surface area contributed by atoms with Crippen molar-refractivity contribution >= 4 is 17.3 Å². The highest BCUT2D eigenvalue weighted by Crippen LogP contribution is 2.28. The zero-order chi connectivity index (χ0) is 13.1. The van der Waals surface area contributed by atoms with Gasteiger partial charge in [-0.15, -0.1) is 0 Å². The molecule has 0 unspecified atom stereocenters. The van der Waals surface area contributed by atoms with Gasteiger partial charge in [0.2, 0.25) is 0 Å². The number of hydrogen-bond acceptors (Lipinski definition) is 4. The molecule has 6 heteroatoms. The Hall–Kier alpha value is -1.82. The Morgan fingerprint density at radius 3 is 2.89 bits per heavy atom. The van der Waals surface area contributed by atoms with Crippen LogP contribution in [0.2, 0.25) is 0 Å². The lowest BCUT2D eigenvalue weighted by Gasteiger charge is -2.24. The van der Waals surface area contributed by atoms with Crippen LogP contribution in [0.15, 0.2) is 12.1 Å². The van der Waals surface area contributed by atoms with Gasteiger partial charge in [-0.1, -0.05) is 0 Å². The number of nitrogen functional groups attached to an aromatic ring is 1. The van der Waals surface area contributed by atoms with Crippen LogP contribution in [0.5, 0.6) is 0 Å². The fourth-order valence-electron chi connectivity index (χ4n) is 2.16. The molecule has 0 amide bonds. The molecule has 0 radical (unpaired) electrons. The van der Waals surface area contributed by atoms with Crippen LogP contribution in [0.4, 0.5) is 15.8 Å². The first-order valence-corrected chi connectivity index (χ1v) is 5.88. The van der Waals surface area contributed by atoms with Crippen molar-refractivity contribution in [1.82, 2.24) is 5.32 Å². The maximum Gasteiger partial charge on any atom is 0.340 e. The van der Waals surface area contributed by atoms with Gasteiger partial charge >= 0.3 is 5.97 Å². The van der Waals surface area contributed by atoms with Crippen molar-refractivity contribution in [3.63, 3.8) is 0 Å². The van der Waals surface area contributed by atoms with E-state index in [4.69, 9.17) is 5.73 Å². The smallest absolute Gasteiger partial charge is 0.340 e. The van der Waals surface area contributed by atoms with Crippen LogP contribution in [-0.2, 0) is 0 Å². The Bertz CT molecular complexity index is 457. The van der Waals surface area contributed by atoms with E-state index in [9.17, 15) is 14.3 Å². The Morgan fingerprint density at radius 1 is 1.39 bits per heavy atom. The minimum absolute atomic E-state index is 0.142. The molecule has 5 nitrogen and oxygen atoms in total. The topological polar surface area (TPSA) is 78.6 Å². The highest BCUT2D eigenvalue weighted by Gasteiger charge is 2.21. The van der Waals surface area contributed by atoms with Crippen molar-refractivity contribution in [3.8, 4) is 0 Å². The number of halogens is 1. The number of nitrogens with two attached hydrogens (primary N) is 1. The second kappa shape index (κ2) is 5.22. The van der Waals surface area contributed by atoms with Crippen molar-refractivity contribution in [1.29, 1.82) is 0 Å². The van der Waals surface area contributed by atoms with Gasteiger partial charge in [-0.3, -0.25) is 0 Å². The van der Waals surface area contributed by atoms with Crippen molar-refractivity contribution in [2.24, 2.45) is 0 Å². The van der Waals surface area contributed by atoms with Crippen molar-refractivity contribution in [3.05, 3.63) is 23.5 Å². The first kappa shape index (κ1) is 12.6. The second-order valence-electron chi connectivity index (χ2n) is 4.25. The molecule has 2 rings (SSSR count). The molecule has 4 N–H and O–H groups in total. The highest BCUT2D eigenvalue weighted by atomic mass is 19.1. The zero-order valence-corrected chi connectivity index (χ0v) is 9.95. The first-order chi connectivity index (χ1) is 8.61. The maximum atomic E-state index is 13.3. The Balaban J connectivity index is 2.42. The van der Waals surface area contributed by atoms with Crippen LogP contribution in [0, 0.1) is 5.82 Å². The van der Waals surface area contributed by atoms with Crippen LogP contribution >= 0.6 is 0 Å². The molecule has 0 aliphatic carbocycles. The monoisotopic (exact) mass is 253 g/mol. The van der Waals surface area contributed by atoms with Crippen LogP contribution in [0.1, 0.15) is 16.8 Å². The Labute approximate surface area is 104 Å². The molecule has 0 spiro atoms. The summed E-state index contributed by atoms with van der Waals surface area (Å²) >= 11 is 0. The molecule has 1 saturated heterocycles. The van der Waals surface area contributed by atoms with Gasteiger partial charge in [0.15, 0.2) is 0 Å². The van der Waals surface area contributed by atoms with Gasteiger partial charge in [-0.2, -0.15) is 0 Å². The number of rotatable bonds is 2. The molecule has 0 aromatic heterocycles. The van der Waals surface area contributed by atoms with Crippen LogP contribution in [-0.4, -0.2) is 37.3 Å². The lowest BCUT2D eigenvalue weighted by atomic mass is 10.1.